The maximum Gasteiger partial charge on any atom is 0.231 e. The normalized spacial score (nSPS) is 19.7. The van der Waals surface area contributed by atoms with Crippen molar-refractivity contribution < 1.29 is 4.79 Å². The largest absolute Gasteiger partial charge is 0.316 e. The van der Waals surface area contributed by atoms with Crippen LogP contribution in [0.2, 0.25) is 0 Å². The summed E-state index contributed by atoms with van der Waals surface area (Å²) in [6.07, 6.45) is 2.09. The molecule has 0 saturated carbocycles. The number of amides is 1. The molecule has 20 heavy (non-hydrogen) atoms. The van der Waals surface area contributed by atoms with Crippen LogP contribution in [0, 0.1) is 5.92 Å². The quantitative estimate of drug-likeness (QED) is 0.899. The molecule has 1 heterocycles. The molecule has 1 N–H and O–H groups in total. The Hall–Kier alpha value is -1.35. The van der Waals surface area contributed by atoms with Gasteiger partial charge in [-0.25, -0.2) is 0 Å². The Morgan fingerprint density at radius 1 is 1.25 bits per heavy atom. The molecule has 1 aromatic rings. The lowest BCUT2D eigenvalue weighted by Gasteiger charge is -2.27. The first-order valence-electron chi connectivity index (χ1n) is 7.48. The molecule has 1 atom stereocenters. The van der Waals surface area contributed by atoms with E-state index in [9.17, 15) is 4.79 Å². The van der Waals surface area contributed by atoms with Crippen molar-refractivity contribution in [2.24, 2.45) is 5.92 Å². The fourth-order valence-electron chi connectivity index (χ4n) is 2.65. The minimum atomic E-state index is 0.121. The number of piperidine rings is 1. The minimum absolute atomic E-state index is 0.121. The molecule has 1 unspecified atom stereocenters. The Labute approximate surface area is 122 Å². The third-order valence-electron chi connectivity index (χ3n) is 4.10. The van der Waals surface area contributed by atoms with Crippen LogP contribution in [0.15, 0.2) is 24.3 Å². The highest BCUT2D eigenvalue weighted by atomic mass is 16.2. The number of hydrogen-bond donors (Lipinski definition) is 1. The van der Waals surface area contributed by atoms with Crippen molar-refractivity contribution in [3.8, 4) is 0 Å². The van der Waals surface area contributed by atoms with Gasteiger partial charge in [0.1, 0.15) is 0 Å². The number of nitrogens with zero attached hydrogens (tertiary/aromatic N) is 1. The highest BCUT2D eigenvalue weighted by Gasteiger charge is 2.24. The lowest BCUT2D eigenvalue weighted by atomic mass is 9.87. The van der Waals surface area contributed by atoms with E-state index in [-0.39, 0.29) is 17.2 Å². The Kier molecular flexibility index (Phi) is 4.48. The van der Waals surface area contributed by atoms with E-state index < -0.39 is 0 Å². The first-order chi connectivity index (χ1) is 9.39. The van der Waals surface area contributed by atoms with Crippen LogP contribution in [-0.4, -0.2) is 26.0 Å². The summed E-state index contributed by atoms with van der Waals surface area (Å²) >= 11 is 0. The second-order valence-corrected chi connectivity index (χ2v) is 6.74. The van der Waals surface area contributed by atoms with Crippen LogP contribution in [0.1, 0.15) is 39.2 Å². The summed E-state index contributed by atoms with van der Waals surface area (Å²) in [6, 6.07) is 8.35. The van der Waals surface area contributed by atoms with E-state index >= 15 is 0 Å². The molecule has 1 saturated heterocycles. The molecule has 1 aliphatic rings. The summed E-state index contributed by atoms with van der Waals surface area (Å²) < 4.78 is 0. The monoisotopic (exact) mass is 274 g/mol. The van der Waals surface area contributed by atoms with E-state index in [2.05, 4.69) is 50.4 Å². The van der Waals surface area contributed by atoms with Crippen molar-refractivity contribution in [3.63, 3.8) is 0 Å². The number of carbonyl (C=O) groups excluding carboxylic acids is 1. The van der Waals surface area contributed by atoms with Gasteiger partial charge >= 0.3 is 0 Å². The molecular weight excluding hydrogens is 248 g/mol. The van der Waals surface area contributed by atoms with E-state index in [1.165, 1.54) is 5.56 Å². The van der Waals surface area contributed by atoms with Crippen LogP contribution in [-0.2, 0) is 10.2 Å². The Morgan fingerprint density at radius 2 is 1.90 bits per heavy atom. The summed E-state index contributed by atoms with van der Waals surface area (Å²) in [6.45, 7) is 8.44. The second-order valence-electron chi connectivity index (χ2n) is 6.74. The van der Waals surface area contributed by atoms with E-state index in [1.54, 1.807) is 4.90 Å². The van der Waals surface area contributed by atoms with Gasteiger partial charge in [0.05, 0.1) is 5.92 Å². The van der Waals surface area contributed by atoms with Crippen LogP contribution in [0.3, 0.4) is 0 Å². The van der Waals surface area contributed by atoms with Gasteiger partial charge in [-0.3, -0.25) is 4.79 Å². The summed E-state index contributed by atoms with van der Waals surface area (Å²) in [5.74, 6) is 0.344. The number of carbonyl (C=O) groups is 1. The fraction of sp³-hybridized carbons (Fsp3) is 0.588. The summed E-state index contributed by atoms with van der Waals surface area (Å²) in [7, 11) is 1.88. The minimum Gasteiger partial charge on any atom is -0.316 e. The predicted octanol–water partition coefficient (Wildman–Crippen LogP) is 2.95. The van der Waals surface area contributed by atoms with Crippen LogP contribution >= 0.6 is 0 Å². The lowest BCUT2D eigenvalue weighted by molar-refractivity contribution is -0.122. The highest BCUT2D eigenvalue weighted by molar-refractivity contribution is 5.94. The van der Waals surface area contributed by atoms with Gasteiger partial charge in [-0.15, -0.1) is 0 Å². The fourth-order valence-corrected chi connectivity index (χ4v) is 2.65. The highest BCUT2D eigenvalue weighted by Crippen LogP contribution is 2.25. The molecule has 1 fully saturated rings. The van der Waals surface area contributed by atoms with Crippen molar-refractivity contribution >= 4 is 11.6 Å². The van der Waals surface area contributed by atoms with E-state index in [1.807, 2.05) is 7.05 Å². The zero-order chi connectivity index (χ0) is 14.8. The summed E-state index contributed by atoms with van der Waals surface area (Å²) in [5.41, 5.74) is 2.42. The molecule has 110 valence electrons. The molecule has 0 radical (unpaired) electrons. The number of anilines is 1. The second kappa shape index (κ2) is 5.96. The standard InChI is InChI=1S/C17H26N2O/c1-17(2,3)14-7-9-15(10-8-14)19(4)16(20)13-6-5-11-18-12-13/h7-10,13,18H,5-6,11-12H2,1-4H3. The van der Waals surface area contributed by atoms with Crippen molar-refractivity contribution in [3.05, 3.63) is 29.8 Å². The van der Waals surface area contributed by atoms with Gasteiger partial charge in [0.25, 0.3) is 0 Å². The lowest BCUT2D eigenvalue weighted by Crippen LogP contribution is -2.41. The van der Waals surface area contributed by atoms with Gasteiger partial charge < -0.3 is 10.2 Å². The molecule has 1 aromatic carbocycles. The molecule has 0 aliphatic carbocycles. The van der Waals surface area contributed by atoms with Crippen LogP contribution in [0.25, 0.3) is 0 Å². The van der Waals surface area contributed by atoms with Gasteiger partial charge in [0.15, 0.2) is 0 Å². The van der Waals surface area contributed by atoms with Gasteiger partial charge in [-0.1, -0.05) is 32.9 Å². The van der Waals surface area contributed by atoms with Crippen LogP contribution in [0.5, 0.6) is 0 Å². The molecule has 1 aliphatic heterocycles. The number of hydrogen-bond acceptors (Lipinski definition) is 2. The van der Waals surface area contributed by atoms with Crippen molar-refractivity contribution in [2.75, 3.05) is 25.0 Å². The van der Waals surface area contributed by atoms with Crippen LogP contribution in [0.4, 0.5) is 5.69 Å². The predicted molar refractivity (Wildman–Crippen MR) is 84.1 cm³/mol. The van der Waals surface area contributed by atoms with Gasteiger partial charge in [0, 0.05) is 19.3 Å². The Bertz CT molecular complexity index is 453. The molecule has 1 amide bonds. The van der Waals surface area contributed by atoms with E-state index in [0.717, 1.165) is 31.6 Å². The third-order valence-corrected chi connectivity index (χ3v) is 4.10. The smallest absolute Gasteiger partial charge is 0.231 e. The molecule has 0 spiro atoms. The molecular formula is C17H26N2O. The maximum atomic E-state index is 12.5. The first-order valence-corrected chi connectivity index (χ1v) is 7.48. The molecule has 3 nitrogen and oxygen atoms in total. The number of nitrogens with one attached hydrogen (secondary N) is 1. The van der Waals surface area contributed by atoms with Crippen molar-refractivity contribution in [1.29, 1.82) is 0 Å². The zero-order valence-corrected chi connectivity index (χ0v) is 13.1. The SMILES string of the molecule is CN(C(=O)C1CCCNC1)c1ccc(C(C)(C)C)cc1. The Balaban J connectivity index is 2.08. The average molecular weight is 274 g/mol. The van der Waals surface area contributed by atoms with E-state index in [4.69, 9.17) is 0 Å². The number of benzene rings is 1. The number of rotatable bonds is 2. The average Bonchev–Trinajstić information content (AvgIpc) is 2.46. The van der Waals surface area contributed by atoms with Crippen LogP contribution < -0.4 is 10.2 Å². The molecule has 3 heteroatoms. The van der Waals surface area contributed by atoms with Crippen molar-refractivity contribution in [1.82, 2.24) is 5.32 Å². The summed E-state index contributed by atoms with van der Waals surface area (Å²) in [5, 5.41) is 3.30. The molecule has 0 aromatic heterocycles. The van der Waals surface area contributed by atoms with Gasteiger partial charge in [-0.05, 0) is 42.5 Å². The summed E-state index contributed by atoms with van der Waals surface area (Å²) in [4.78, 5) is 14.3. The molecule has 2 rings (SSSR count). The topological polar surface area (TPSA) is 32.3 Å². The first kappa shape index (κ1) is 15.0. The van der Waals surface area contributed by atoms with E-state index in [0.29, 0.717) is 0 Å². The zero-order valence-electron chi connectivity index (χ0n) is 13.1. The Morgan fingerprint density at radius 3 is 2.40 bits per heavy atom. The maximum absolute atomic E-state index is 12.5. The third kappa shape index (κ3) is 3.40. The van der Waals surface area contributed by atoms with Gasteiger partial charge in [0.2, 0.25) is 5.91 Å². The van der Waals surface area contributed by atoms with Crippen molar-refractivity contribution in [2.45, 2.75) is 39.0 Å². The van der Waals surface area contributed by atoms with Gasteiger partial charge in [-0.2, -0.15) is 0 Å². The molecule has 0 bridgehead atoms.